The largest absolute Gasteiger partial charge is 0.454 e. The third-order valence-corrected chi connectivity index (χ3v) is 2.84. The molecule has 1 aromatic carbocycles. The highest BCUT2D eigenvalue weighted by Gasteiger charge is 2.13. The molecule has 0 saturated carbocycles. The molecule has 0 amide bonds. The monoisotopic (exact) mass is 272 g/mol. The normalized spacial score (nSPS) is 12.2. The number of nitrogens with zero attached hydrogens (tertiary/aromatic N) is 2. The van der Waals surface area contributed by atoms with Crippen LogP contribution in [0.2, 0.25) is 0 Å². The molecule has 0 fully saturated rings. The number of benzene rings is 1. The lowest BCUT2D eigenvalue weighted by Gasteiger charge is -2.08. The zero-order chi connectivity index (χ0) is 13.8. The Kier molecular flexibility index (Phi) is 3.54. The first-order chi connectivity index (χ1) is 9.85. The van der Waals surface area contributed by atoms with E-state index in [0.29, 0.717) is 5.82 Å². The second-order valence-electron chi connectivity index (χ2n) is 4.41. The van der Waals surface area contributed by atoms with Crippen molar-refractivity contribution in [2.75, 3.05) is 24.0 Å². The molecule has 2 aromatic rings. The van der Waals surface area contributed by atoms with E-state index in [4.69, 9.17) is 9.47 Å². The Morgan fingerprint density at radius 1 is 1.15 bits per heavy atom. The molecule has 0 saturated heterocycles. The number of nitrogens with one attached hydrogen (secondary N) is 2. The van der Waals surface area contributed by atoms with Gasteiger partial charge in [-0.25, -0.2) is 4.98 Å². The molecule has 104 valence electrons. The fraction of sp³-hybridized carbons (Fsp3) is 0.286. The molecule has 0 bridgehead atoms. The van der Waals surface area contributed by atoms with E-state index in [2.05, 4.69) is 27.5 Å². The van der Waals surface area contributed by atoms with Crippen molar-refractivity contribution < 1.29 is 9.47 Å². The number of rotatable bonds is 5. The van der Waals surface area contributed by atoms with Gasteiger partial charge in [-0.3, -0.25) is 4.98 Å². The molecule has 1 aromatic heterocycles. The molecular weight excluding hydrogens is 256 g/mol. The van der Waals surface area contributed by atoms with Gasteiger partial charge in [-0.05, 0) is 18.6 Å². The predicted octanol–water partition coefficient (Wildman–Crippen LogP) is 2.77. The first kappa shape index (κ1) is 12.5. The summed E-state index contributed by atoms with van der Waals surface area (Å²) < 4.78 is 10.6. The summed E-state index contributed by atoms with van der Waals surface area (Å²) in [5, 5.41) is 6.41. The quantitative estimate of drug-likeness (QED) is 0.872. The molecule has 0 spiro atoms. The molecule has 0 aliphatic carbocycles. The van der Waals surface area contributed by atoms with Crippen molar-refractivity contribution >= 4 is 17.3 Å². The molecule has 0 radical (unpaired) electrons. The third-order valence-electron chi connectivity index (χ3n) is 2.84. The smallest absolute Gasteiger partial charge is 0.231 e. The molecular formula is C14H16N4O2. The standard InChI is InChI=1S/C14H16N4O2/c1-2-5-16-13-7-15-8-14(18-13)17-10-3-4-11-12(6-10)20-9-19-11/h3-4,6-8H,2,5,9H2,1H3,(H2,16,17,18). The van der Waals surface area contributed by atoms with E-state index >= 15 is 0 Å². The van der Waals surface area contributed by atoms with Crippen LogP contribution in [0.5, 0.6) is 11.5 Å². The highest BCUT2D eigenvalue weighted by molar-refractivity contribution is 5.62. The van der Waals surface area contributed by atoms with Crippen LogP contribution in [0.1, 0.15) is 13.3 Å². The second kappa shape index (κ2) is 5.64. The average molecular weight is 272 g/mol. The van der Waals surface area contributed by atoms with E-state index < -0.39 is 0 Å². The molecule has 3 rings (SSSR count). The van der Waals surface area contributed by atoms with Crippen molar-refractivity contribution in [3.8, 4) is 11.5 Å². The van der Waals surface area contributed by atoms with Gasteiger partial charge in [0.05, 0.1) is 12.4 Å². The van der Waals surface area contributed by atoms with Crippen molar-refractivity contribution in [1.82, 2.24) is 9.97 Å². The highest BCUT2D eigenvalue weighted by Crippen LogP contribution is 2.34. The minimum absolute atomic E-state index is 0.273. The van der Waals surface area contributed by atoms with Crippen molar-refractivity contribution in [2.24, 2.45) is 0 Å². The van der Waals surface area contributed by atoms with E-state index in [1.165, 1.54) is 0 Å². The van der Waals surface area contributed by atoms with E-state index in [-0.39, 0.29) is 6.79 Å². The van der Waals surface area contributed by atoms with Crippen molar-refractivity contribution in [1.29, 1.82) is 0 Å². The molecule has 6 nitrogen and oxygen atoms in total. The fourth-order valence-corrected chi connectivity index (χ4v) is 1.89. The molecule has 20 heavy (non-hydrogen) atoms. The molecule has 0 unspecified atom stereocenters. The molecule has 2 heterocycles. The average Bonchev–Trinajstić information content (AvgIpc) is 2.93. The minimum atomic E-state index is 0.273. The molecule has 2 N–H and O–H groups in total. The van der Waals surface area contributed by atoms with Crippen LogP contribution in [-0.2, 0) is 0 Å². The first-order valence-electron chi connectivity index (χ1n) is 6.58. The van der Waals surface area contributed by atoms with Gasteiger partial charge in [-0.2, -0.15) is 0 Å². The maximum atomic E-state index is 5.34. The van der Waals surface area contributed by atoms with Gasteiger partial charge in [0.1, 0.15) is 5.82 Å². The van der Waals surface area contributed by atoms with Gasteiger partial charge >= 0.3 is 0 Å². The van der Waals surface area contributed by atoms with Gasteiger partial charge in [0.2, 0.25) is 6.79 Å². The van der Waals surface area contributed by atoms with Crippen LogP contribution in [0.25, 0.3) is 0 Å². The molecule has 6 heteroatoms. The number of fused-ring (bicyclic) bond motifs is 1. The van der Waals surface area contributed by atoms with Gasteiger partial charge in [-0.15, -0.1) is 0 Å². The number of aromatic nitrogens is 2. The summed E-state index contributed by atoms with van der Waals surface area (Å²) in [5.41, 5.74) is 0.885. The van der Waals surface area contributed by atoms with Crippen LogP contribution in [0.4, 0.5) is 17.3 Å². The van der Waals surface area contributed by atoms with Crippen LogP contribution in [0, 0.1) is 0 Å². The lowest BCUT2D eigenvalue weighted by Crippen LogP contribution is -2.04. The molecule has 0 atom stereocenters. The van der Waals surface area contributed by atoms with Gasteiger partial charge in [0.15, 0.2) is 17.3 Å². The fourth-order valence-electron chi connectivity index (χ4n) is 1.89. The maximum absolute atomic E-state index is 5.34. The summed E-state index contributed by atoms with van der Waals surface area (Å²) in [5.74, 6) is 2.95. The van der Waals surface area contributed by atoms with Crippen LogP contribution in [-0.4, -0.2) is 23.3 Å². The second-order valence-corrected chi connectivity index (χ2v) is 4.41. The number of hydrogen-bond acceptors (Lipinski definition) is 6. The SMILES string of the molecule is CCCNc1cncc(Nc2ccc3c(c2)OCO3)n1. The van der Waals surface area contributed by atoms with E-state index in [0.717, 1.165) is 36.0 Å². The van der Waals surface area contributed by atoms with Crippen molar-refractivity contribution in [3.05, 3.63) is 30.6 Å². The van der Waals surface area contributed by atoms with Crippen LogP contribution in [0.3, 0.4) is 0 Å². The first-order valence-corrected chi connectivity index (χ1v) is 6.58. The summed E-state index contributed by atoms with van der Waals surface area (Å²) in [6, 6.07) is 5.68. The Bertz CT molecular complexity index is 603. The Balaban J connectivity index is 1.74. The zero-order valence-electron chi connectivity index (χ0n) is 11.2. The molecule has 1 aliphatic rings. The van der Waals surface area contributed by atoms with Gasteiger partial charge in [-0.1, -0.05) is 6.92 Å². The lowest BCUT2D eigenvalue weighted by molar-refractivity contribution is 0.174. The van der Waals surface area contributed by atoms with Crippen LogP contribution >= 0.6 is 0 Å². The lowest BCUT2D eigenvalue weighted by atomic mass is 10.3. The van der Waals surface area contributed by atoms with E-state index in [1.54, 1.807) is 12.4 Å². The highest BCUT2D eigenvalue weighted by atomic mass is 16.7. The van der Waals surface area contributed by atoms with Crippen LogP contribution < -0.4 is 20.1 Å². The Morgan fingerprint density at radius 2 is 2.00 bits per heavy atom. The summed E-state index contributed by atoms with van der Waals surface area (Å²) >= 11 is 0. The number of hydrogen-bond donors (Lipinski definition) is 2. The van der Waals surface area contributed by atoms with E-state index in [1.807, 2.05) is 18.2 Å². The van der Waals surface area contributed by atoms with Gasteiger partial charge < -0.3 is 20.1 Å². The van der Waals surface area contributed by atoms with Crippen molar-refractivity contribution in [2.45, 2.75) is 13.3 Å². The van der Waals surface area contributed by atoms with Crippen LogP contribution in [0.15, 0.2) is 30.6 Å². The minimum Gasteiger partial charge on any atom is -0.454 e. The Labute approximate surface area is 117 Å². The topological polar surface area (TPSA) is 68.3 Å². The Hall–Kier alpha value is -2.50. The summed E-state index contributed by atoms with van der Waals surface area (Å²) in [6.45, 7) is 3.26. The zero-order valence-corrected chi connectivity index (χ0v) is 11.2. The summed E-state index contributed by atoms with van der Waals surface area (Å²) in [6.07, 6.45) is 4.43. The van der Waals surface area contributed by atoms with Gasteiger partial charge in [0, 0.05) is 18.3 Å². The number of anilines is 3. The summed E-state index contributed by atoms with van der Waals surface area (Å²) in [4.78, 5) is 8.61. The number of ether oxygens (including phenoxy) is 2. The maximum Gasteiger partial charge on any atom is 0.231 e. The molecule has 1 aliphatic heterocycles. The third kappa shape index (κ3) is 2.74. The Morgan fingerprint density at radius 3 is 2.90 bits per heavy atom. The van der Waals surface area contributed by atoms with E-state index in [9.17, 15) is 0 Å². The summed E-state index contributed by atoms with van der Waals surface area (Å²) in [7, 11) is 0. The predicted molar refractivity (Wildman–Crippen MR) is 76.7 cm³/mol. The van der Waals surface area contributed by atoms with Gasteiger partial charge in [0.25, 0.3) is 0 Å². The van der Waals surface area contributed by atoms with Crippen molar-refractivity contribution in [3.63, 3.8) is 0 Å².